The third-order valence-electron chi connectivity index (χ3n) is 5.57. The number of nitrogens with one attached hydrogen (secondary N) is 1. The van der Waals surface area contributed by atoms with Gasteiger partial charge in [-0.15, -0.1) is 0 Å². The summed E-state index contributed by atoms with van der Waals surface area (Å²) in [5, 5.41) is 2.80. The van der Waals surface area contributed by atoms with Gasteiger partial charge in [0, 0.05) is 5.69 Å². The average molecular weight is 501 g/mol. The van der Waals surface area contributed by atoms with Crippen LogP contribution in [0.15, 0.2) is 108 Å². The maximum atomic E-state index is 13.6. The monoisotopic (exact) mass is 500 g/mol. The molecule has 184 valence electrons. The maximum absolute atomic E-state index is 13.6. The first-order valence-corrected chi connectivity index (χ1v) is 13.0. The molecule has 36 heavy (non-hydrogen) atoms. The van der Waals surface area contributed by atoms with Gasteiger partial charge in [-0.1, -0.05) is 60.2 Å². The van der Waals surface area contributed by atoms with E-state index in [2.05, 4.69) is 5.32 Å². The van der Waals surface area contributed by atoms with Gasteiger partial charge in [0.25, 0.3) is 15.9 Å². The molecule has 4 aromatic rings. The molecule has 0 aliphatic rings. The van der Waals surface area contributed by atoms with Crippen molar-refractivity contribution in [3.05, 3.63) is 120 Å². The lowest BCUT2D eigenvalue weighted by atomic mass is 10.2. The highest BCUT2D eigenvalue weighted by molar-refractivity contribution is 7.92. The van der Waals surface area contributed by atoms with E-state index in [1.807, 2.05) is 68.4 Å². The third kappa shape index (κ3) is 6.31. The van der Waals surface area contributed by atoms with Crippen LogP contribution in [-0.4, -0.2) is 20.9 Å². The highest BCUT2D eigenvalue weighted by atomic mass is 32.2. The molecule has 1 N–H and O–H groups in total. The summed E-state index contributed by atoms with van der Waals surface area (Å²) in [4.78, 5) is 12.5. The van der Waals surface area contributed by atoms with Crippen LogP contribution in [-0.2, 0) is 21.4 Å². The first-order valence-electron chi connectivity index (χ1n) is 11.5. The second-order valence-corrected chi connectivity index (χ2v) is 10.4. The predicted molar refractivity (Wildman–Crippen MR) is 143 cm³/mol. The Morgan fingerprint density at radius 3 is 2.17 bits per heavy atom. The van der Waals surface area contributed by atoms with E-state index in [0.29, 0.717) is 17.1 Å². The number of hydrogen-bond donors (Lipinski definition) is 1. The molecule has 4 aromatic carbocycles. The summed E-state index contributed by atoms with van der Waals surface area (Å²) in [6, 6.07) is 30.4. The largest absolute Gasteiger partial charge is 0.484 e. The van der Waals surface area contributed by atoms with Crippen LogP contribution in [0.25, 0.3) is 0 Å². The summed E-state index contributed by atoms with van der Waals surface area (Å²) in [6.45, 7) is 3.88. The second kappa shape index (κ2) is 11.1. The first kappa shape index (κ1) is 25.0. The number of carbonyl (C=O) groups is 1. The fourth-order valence-electron chi connectivity index (χ4n) is 3.68. The molecule has 6 nitrogen and oxygen atoms in total. The molecule has 1 amide bonds. The van der Waals surface area contributed by atoms with Crippen LogP contribution < -0.4 is 14.4 Å². The van der Waals surface area contributed by atoms with E-state index in [9.17, 15) is 13.2 Å². The highest BCUT2D eigenvalue weighted by Gasteiger charge is 2.25. The summed E-state index contributed by atoms with van der Waals surface area (Å²) in [6.07, 6.45) is 0. The molecule has 0 saturated carbocycles. The lowest BCUT2D eigenvalue weighted by Crippen LogP contribution is -2.30. The standard InChI is InChI=1S/C29H28N2O4S/c1-22-11-17-28(18-12-22)36(33,34)31(20-24-8-4-3-5-9-24)26-13-15-27(16-14-26)35-21-29(32)30-25-10-6-7-23(2)19-25/h3-19H,20-21H2,1-2H3,(H,30,32). The molecule has 0 radical (unpaired) electrons. The van der Waals surface area contributed by atoms with Crippen LogP contribution in [0.5, 0.6) is 5.75 Å². The van der Waals surface area contributed by atoms with Crippen LogP contribution in [0.1, 0.15) is 16.7 Å². The van der Waals surface area contributed by atoms with Gasteiger partial charge in [0.2, 0.25) is 0 Å². The molecule has 0 spiro atoms. The van der Waals surface area contributed by atoms with Crippen molar-refractivity contribution in [3.63, 3.8) is 0 Å². The number of ether oxygens (including phenoxy) is 1. The van der Waals surface area contributed by atoms with E-state index in [1.54, 1.807) is 48.5 Å². The SMILES string of the molecule is Cc1ccc(S(=O)(=O)N(Cc2ccccc2)c2ccc(OCC(=O)Nc3cccc(C)c3)cc2)cc1. The Morgan fingerprint density at radius 1 is 0.806 bits per heavy atom. The molecule has 0 aromatic heterocycles. The zero-order chi connectivity index (χ0) is 25.5. The van der Waals surface area contributed by atoms with Gasteiger partial charge in [-0.25, -0.2) is 8.42 Å². The summed E-state index contributed by atoms with van der Waals surface area (Å²) in [5.74, 6) is 0.183. The van der Waals surface area contributed by atoms with Crippen molar-refractivity contribution >= 4 is 27.3 Å². The van der Waals surface area contributed by atoms with Crippen LogP contribution in [0, 0.1) is 13.8 Å². The average Bonchev–Trinajstić information content (AvgIpc) is 2.87. The number of aryl methyl sites for hydroxylation is 2. The maximum Gasteiger partial charge on any atom is 0.264 e. The van der Waals surface area contributed by atoms with Crippen molar-refractivity contribution in [2.24, 2.45) is 0 Å². The topological polar surface area (TPSA) is 75.7 Å². The number of hydrogen-bond acceptors (Lipinski definition) is 4. The third-order valence-corrected chi connectivity index (χ3v) is 7.36. The number of anilines is 2. The number of carbonyl (C=O) groups excluding carboxylic acids is 1. The Kier molecular flexibility index (Phi) is 7.71. The molecule has 7 heteroatoms. The fourth-order valence-corrected chi connectivity index (χ4v) is 5.13. The van der Waals surface area contributed by atoms with Crippen molar-refractivity contribution in [2.75, 3.05) is 16.2 Å². The molecular formula is C29H28N2O4S. The van der Waals surface area contributed by atoms with Crippen LogP contribution >= 0.6 is 0 Å². The van der Waals surface area contributed by atoms with E-state index < -0.39 is 10.0 Å². The Morgan fingerprint density at radius 2 is 1.50 bits per heavy atom. The zero-order valence-corrected chi connectivity index (χ0v) is 21.0. The molecule has 0 unspecified atom stereocenters. The molecule has 0 atom stereocenters. The lowest BCUT2D eigenvalue weighted by molar-refractivity contribution is -0.118. The number of rotatable bonds is 9. The van der Waals surface area contributed by atoms with Crippen molar-refractivity contribution in [1.82, 2.24) is 0 Å². The highest BCUT2D eigenvalue weighted by Crippen LogP contribution is 2.28. The normalized spacial score (nSPS) is 11.1. The fraction of sp³-hybridized carbons (Fsp3) is 0.138. The molecule has 0 aliphatic carbocycles. The van der Waals surface area contributed by atoms with E-state index in [1.165, 1.54) is 4.31 Å². The quantitative estimate of drug-likeness (QED) is 0.319. The van der Waals surface area contributed by atoms with Gasteiger partial charge in [-0.3, -0.25) is 9.10 Å². The zero-order valence-electron chi connectivity index (χ0n) is 20.2. The molecule has 0 aliphatic heterocycles. The first-order chi connectivity index (χ1) is 17.3. The minimum atomic E-state index is -3.82. The smallest absolute Gasteiger partial charge is 0.264 e. The van der Waals surface area contributed by atoms with Crippen LogP contribution in [0.3, 0.4) is 0 Å². The van der Waals surface area contributed by atoms with Gasteiger partial charge in [0.05, 0.1) is 17.1 Å². The minimum Gasteiger partial charge on any atom is -0.484 e. The summed E-state index contributed by atoms with van der Waals surface area (Å²) in [7, 11) is -3.82. The lowest BCUT2D eigenvalue weighted by Gasteiger charge is -2.25. The Labute approximate surface area is 212 Å². The summed E-state index contributed by atoms with van der Waals surface area (Å²) < 4.78 is 34.2. The van der Waals surface area contributed by atoms with Crippen LogP contribution in [0.4, 0.5) is 11.4 Å². The Hall–Kier alpha value is -4.10. The van der Waals surface area contributed by atoms with Crippen molar-refractivity contribution in [3.8, 4) is 5.75 Å². The molecule has 0 heterocycles. The van der Waals surface area contributed by atoms with E-state index >= 15 is 0 Å². The van der Waals surface area contributed by atoms with Gasteiger partial charge < -0.3 is 10.1 Å². The number of amides is 1. The summed E-state index contributed by atoms with van der Waals surface area (Å²) >= 11 is 0. The van der Waals surface area contributed by atoms with Crippen molar-refractivity contribution in [1.29, 1.82) is 0 Å². The molecule has 4 rings (SSSR count). The van der Waals surface area contributed by atoms with Gasteiger partial charge in [0.15, 0.2) is 6.61 Å². The van der Waals surface area contributed by atoms with Gasteiger partial charge in [0.1, 0.15) is 5.75 Å². The Bertz CT molecular complexity index is 1420. The van der Waals surface area contributed by atoms with Gasteiger partial charge >= 0.3 is 0 Å². The van der Waals surface area contributed by atoms with E-state index in [0.717, 1.165) is 16.7 Å². The summed E-state index contributed by atoms with van der Waals surface area (Å²) in [5.41, 5.74) is 4.09. The van der Waals surface area contributed by atoms with Crippen molar-refractivity contribution < 1.29 is 17.9 Å². The second-order valence-electron chi connectivity index (χ2n) is 8.51. The minimum absolute atomic E-state index is 0.164. The predicted octanol–water partition coefficient (Wildman–Crippen LogP) is 5.72. The molecular weight excluding hydrogens is 472 g/mol. The molecule has 0 bridgehead atoms. The number of benzene rings is 4. The number of nitrogens with zero attached hydrogens (tertiary/aromatic N) is 1. The number of sulfonamides is 1. The molecule has 0 fully saturated rings. The van der Waals surface area contributed by atoms with Crippen molar-refractivity contribution in [2.45, 2.75) is 25.3 Å². The Balaban J connectivity index is 1.51. The van der Waals surface area contributed by atoms with Crippen LogP contribution in [0.2, 0.25) is 0 Å². The van der Waals surface area contributed by atoms with Gasteiger partial charge in [-0.05, 0) is 73.5 Å². The van der Waals surface area contributed by atoms with E-state index in [4.69, 9.17) is 4.74 Å². The molecule has 0 saturated heterocycles. The van der Waals surface area contributed by atoms with E-state index in [-0.39, 0.29) is 24.0 Å². The van der Waals surface area contributed by atoms with Gasteiger partial charge in [-0.2, -0.15) is 0 Å².